The fourth-order valence-corrected chi connectivity index (χ4v) is 4.66. The van der Waals surface area contributed by atoms with Crippen molar-refractivity contribution in [2.45, 2.75) is 4.90 Å². The van der Waals surface area contributed by atoms with Gasteiger partial charge in [0.1, 0.15) is 4.38 Å². The summed E-state index contributed by atoms with van der Waals surface area (Å²) in [5.41, 5.74) is 1.08. The van der Waals surface area contributed by atoms with Crippen LogP contribution < -0.4 is 0 Å². The van der Waals surface area contributed by atoms with E-state index in [2.05, 4.69) is 9.39 Å². The molecule has 3 rings (SSSR count). The van der Waals surface area contributed by atoms with Gasteiger partial charge in [-0.15, -0.1) is 16.2 Å². The molecule has 30 heavy (non-hydrogen) atoms. The molecule has 0 aromatic heterocycles. The highest BCUT2D eigenvalue weighted by Gasteiger charge is 2.17. The van der Waals surface area contributed by atoms with Crippen molar-refractivity contribution in [2.24, 2.45) is 9.39 Å². The Bertz CT molecular complexity index is 1160. The van der Waals surface area contributed by atoms with Crippen LogP contribution in [0.2, 0.25) is 0 Å². The van der Waals surface area contributed by atoms with Gasteiger partial charge in [0.15, 0.2) is 5.84 Å². The van der Waals surface area contributed by atoms with Crippen molar-refractivity contribution in [1.29, 1.82) is 0 Å². The first-order valence-electron chi connectivity index (χ1n) is 8.85. The highest BCUT2D eigenvalue weighted by molar-refractivity contribution is 8.44. The van der Waals surface area contributed by atoms with E-state index in [0.717, 1.165) is 11.8 Å². The van der Waals surface area contributed by atoms with Crippen molar-refractivity contribution in [3.05, 3.63) is 102 Å². The molecule has 0 bridgehead atoms. The molecular formula is C22H18N2O3S3. The molecule has 0 aliphatic carbocycles. The van der Waals surface area contributed by atoms with E-state index < -0.39 is 10.0 Å². The van der Waals surface area contributed by atoms with Crippen LogP contribution in [0.25, 0.3) is 0 Å². The third-order valence-electron chi connectivity index (χ3n) is 3.84. The van der Waals surface area contributed by atoms with E-state index in [-0.39, 0.29) is 15.8 Å². The lowest BCUT2D eigenvalue weighted by Gasteiger charge is -2.06. The molecule has 3 aromatic rings. The largest absolute Gasteiger partial charge is 0.284 e. The molecule has 0 amide bonds. The van der Waals surface area contributed by atoms with Gasteiger partial charge in [-0.3, -0.25) is 4.79 Å². The summed E-state index contributed by atoms with van der Waals surface area (Å²) in [6.07, 6.45) is 1.78. The monoisotopic (exact) mass is 454 g/mol. The van der Waals surface area contributed by atoms with Gasteiger partial charge in [0.2, 0.25) is 5.12 Å². The Morgan fingerprint density at radius 3 is 1.80 bits per heavy atom. The molecule has 8 heteroatoms. The predicted molar refractivity (Wildman–Crippen MR) is 126 cm³/mol. The number of thioether (sulfide) groups is 2. The zero-order chi connectivity index (χ0) is 21.4. The summed E-state index contributed by atoms with van der Waals surface area (Å²) in [6.45, 7) is 0. The van der Waals surface area contributed by atoms with Crippen molar-refractivity contribution in [3.63, 3.8) is 0 Å². The fraction of sp³-hybridized carbons (Fsp3) is 0.0455. The lowest BCUT2D eigenvalue weighted by Crippen LogP contribution is -2.07. The van der Waals surface area contributed by atoms with E-state index in [4.69, 9.17) is 0 Å². The number of hydrogen-bond acceptors (Lipinski definition) is 5. The molecule has 0 radical (unpaired) electrons. The first-order chi connectivity index (χ1) is 14.5. The molecule has 0 saturated heterocycles. The molecule has 0 unspecified atom stereocenters. The summed E-state index contributed by atoms with van der Waals surface area (Å²) in [6, 6.07) is 25.6. The number of nitrogens with zero attached hydrogens (tertiary/aromatic N) is 2. The van der Waals surface area contributed by atoms with Gasteiger partial charge in [-0.25, -0.2) is 4.99 Å². The van der Waals surface area contributed by atoms with Gasteiger partial charge < -0.3 is 0 Å². The molecule has 0 heterocycles. The van der Waals surface area contributed by atoms with Gasteiger partial charge in [-0.1, -0.05) is 78.9 Å². The number of aliphatic imine (C=N–C) groups is 1. The summed E-state index contributed by atoms with van der Waals surface area (Å²) < 4.78 is 30.0. The first-order valence-corrected chi connectivity index (χ1v) is 12.3. The number of carbonyl (C=O) groups excluding carboxylic acids is 1. The first kappa shape index (κ1) is 22.0. The topological polar surface area (TPSA) is 75.9 Å². The van der Waals surface area contributed by atoms with Gasteiger partial charge in [0.05, 0.1) is 4.90 Å². The molecule has 0 fully saturated rings. The van der Waals surface area contributed by atoms with Crippen molar-refractivity contribution < 1.29 is 13.2 Å². The molecule has 5 nitrogen and oxygen atoms in total. The maximum Gasteiger partial charge on any atom is 0.284 e. The van der Waals surface area contributed by atoms with Crippen LogP contribution in [-0.4, -0.2) is 30.0 Å². The minimum Gasteiger partial charge on any atom is -0.281 e. The Labute approximate surface area is 184 Å². The van der Waals surface area contributed by atoms with Crippen LogP contribution in [-0.2, 0) is 10.0 Å². The fourth-order valence-electron chi connectivity index (χ4n) is 2.39. The van der Waals surface area contributed by atoms with Gasteiger partial charge in [-0.05, 0) is 30.2 Å². The number of sulfonamides is 1. The Balaban J connectivity index is 2.01. The Hall–Kier alpha value is -2.68. The van der Waals surface area contributed by atoms with E-state index in [9.17, 15) is 13.2 Å². The Morgan fingerprint density at radius 2 is 1.27 bits per heavy atom. The third-order valence-corrected chi connectivity index (χ3v) is 7.00. The van der Waals surface area contributed by atoms with Crippen molar-refractivity contribution in [2.75, 3.05) is 6.26 Å². The van der Waals surface area contributed by atoms with E-state index >= 15 is 0 Å². The summed E-state index contributed by atoms with van der Waals surface area (Å²) in [4.78, 5) is 17.1. The predicted octanol–water partition coefficient (Wildman–Crippen LogP) is 5.11. The highest BCUT2D eigenvalue weighted by Crippen LogP contribution is 2.22. The van der Waals surface area contributed by atoms with Crippen LogP contribution in [0, 0.1) is 0 Å². The van der Waals surface area contributed by atoms with Gasteiger partial charge in [-0.2, -0.15) is 8.42 Å². The summed E-state index contributed by atoms with van der Waals surface area (Å²) in [5, 5.41) is -0.179. The van der Waals surface area contributed by atoms with Crippen LogP contribution >= 0.6 is 23.5 Å². The number of hydrogen-bond donors (Lipinski definition) is 0. The molecular weight excluding hydrogens is 436 g/mol. The van der Waals surface area contributed by atoms with Crippen molar-refractivity contribution >= 4 is 48.9 Å². The molecule has 0 spiro atoms. The van der Waals surface area contributed by atoms with E-state index in [0.29, 0.717) is 15.5 Å². The SMILES string of the molecule is CSC(=N/C(=N/S(=O)(=O)c1ccccc1)c1ccccc1)SC(=O)c1ccccc1. The normalized spacial score (nSPS) is 12.6. The van der Waals surface area contributed by atoms with Gasteiger partial charge >= 0.3 is 0 Å². The molecule has 0 aliphatic heterocycles. The average molecular weight is 455 g/mol. The minimum atomic E-state index is -3.96. The molecule has 0 aliphatic rings. The molecule has 3 aromatic carbocycles. The van der Waals surface area contributed by atoms with Crippen molar-refractivity contribution in [3.8, 4) is 0 Å². The smallest absolute Gasteiger partial charge is 0.281 e. The maximum atomic E-state index is 12.8. The third kappa shape index (κ3) is 5.91. The van der Waals surface area contributed by atoms with Gasteiger partial charge in [0, 0.05) is 11.1 Å². The van der Waals surface area contributed by atoms with E-state index in [1.807, 2.05) is 12.1 Å². The second kappa shape index (κ2) is 10.4. The molecule has 0 atom stereocenters. The summed E-state index contributed by atoms with van der Waals surface area (Å²) in [7, 11) is -3.96. The molecule has 152 valence electrons. The van der Waals surface area contributed by atoms with Crippen LogP contribution in [0.4, 0.5) is 0 Å². The van der Waals surface area contributed by atoms with E-state index in [1.165, 1.54) is 23.9 Å². The number of rotatable bonds is 4. The van der Waals surface area contributed by atoms with E-state index in [1.54, 1.807) is 73.0 Å². The summed E-state index contributed by atoms with van der Waals surface area (Å²) >= 11 is 2.20. The van der Waals surface area contributed by atoms with Crippen molar-refractivity contribution in [1.82, 2.24) is 0 Å². The number of carbonyl (C=O) groups is 1. The van der Waals surface area contributed by atoms with Crippen LogP contribution in [0.1, 0.15) is 15.9 Å². The standard InChI is InChI=1S/C22H18N2O3S3/c1-28-22(29-21(25)18-13-7-3-8-14-18)23-20(17-11-5-2-6-12-17)24-30(26,27)19-15-9-4-10-16-19/h2-16H,1H3/b23-22?,24-20+. The summed E-state index contributed by atoms with van der Waals surface area (Å²) in [5.74, 6) is 0.0252. The minimum absolute atomic E-state index is 0.0252. The lowest BCUT2D eigenvalue weighted by atomic mass is 10.2. The highest BCUT2D eigenvalue weighted by atomic mass is 32.2. The zero-order valence-electron chi connectivity index (χ0n) is 16.0. The second-order valence-electron chi connectivity index (χ2n) is 5.91. The van der Waals surface area contributed by atoms with Crippen LogP contribution in [0.3, 0.4) is 0 Å². The second-order valence-corrected chi connectivity index (χ2v) is 9.53. The van der Waals surface area contributed by atoms with Crippen LogP contribution in [0.5, 0.6) is 0 Å². The number of benzene rings is 3. The quantitative estimate of drug-likeness (QED) is 0.404. The molecule has 0 saturated carbocycles. The lowest BCUT2D eigenvalue weighted by molar-refractivity contribution is 0.109. The Kier molecular flexibility index (Phi) is 7.62. The Morgan fingerprint density at radius 1 is 0.767 bits per heavy atom. The van der Waals surface area contributed by atoms with Gasteiger partial charge in [0.25, 0.3) is 10.0 Å². The molecule has 0 N–H and O–H groups in total. The number of amidine groups is 1. The average Bonchev–Trinajstić information content (AvgIpc) is 2.79. The maximum absolute atomic E-state index is 12.8. The van der Waals surface area contributed by atoms with Crippen LogP contribution in [0.15, 0.2) is 105 Å². The zero-order valence-corrected chi connectivity index (χ0v) is 18.5.